The van der Waals surface area contributed by atoms with E-state index in [4.69, 9.17) is 4.74 Å². The second-order valence-electron chi connectivity index (χ2n) is 6.99. The summed E-state index contributed by atoms with van der Waals surface area (Å²) in [6.07, 6.45) is -1.75. The molecule has 1 amide bonds. The summed E-state index contributed by atoms with van der Waals surface area (Å²) in [5.41, 5.74) is 4.37. The van der Waals surface area contributed by atoms with E-state index in [1.807, 2.05) is 48.5 Å². The summed E-state index contributed by atoms with van der Waals surface area (Å²) in [7, 11) is 0. The van der Waals surface area contributed by atoms with Gasteiger partial charge in [-0.15, -0.1) is 0 Å². The highest BCUT2D eigenvalue weighted by atomic mass is 19.1. The normalized spacial score (nSPS) is 21.4. The molecule has 2 aromatic carbocycles. The third-order valence-corrected chi connectivity index (χ3v) is 5.38. The van der Waals surface area contributed by atoms with E-state index in [9.17, 15) is 19.1 Å². The predicted octanol–water partition coefficient (Wildman–Crippen LogP) is 3.82. The van der Waals surface area contributed by atoms with E-state index in [0.717, 1.165) is 27.2 Å². The van der Waals surface area contributed by atoms with Gasteiger partial charge in [0.2, 0.25) is 0 Å². The first-order valence-corrected chi connectivity index (χ1v) is 9.04. The second kappa shape index (κ2) is 7.02. The number of rotatable bonds is 3. The van der Waals surface area contributed by atoms with E-state index in [-0.39, 0.29) is 31.9 Å². The lowest BCUT2D eigenvalue weighted by Crippen LogP contribution is -2.51. The topological polar surface area (TPSA) is 66.8 Å². The maximum absolute atomic E-state index is 13.7. The Kier molecular flexibility index (Phi) is 4.56. The lowest BCUT2D eigenvalue weighted by Gasteiger charge is -2.34. The Labute approximate surface area is 156 Å². The highest BCUT2D eigenvalue weighted by molar-refractivity contribution is 5.81. The van der Waals surface area contributed by atoms with Crippen molar-refractivity contribution in [2.75, 3.05) is 13.2 Å². The zero-order chi connectivity index (χ0) is 19.0. The van der Waals surface area contributed by atoms with Crippen molar-refractivity contribution in [1.29, 1.82) is 0 Å². The number of halogens is 1. The minimum atomic E-state index is -1.22. The van der Waals surface area contributed by atoms with Crippen LogP contribution in [0.3, 0.4) is 0 Å². The highest BCUT2D eigenvalue weighted by Crippen LogP contribution is 2.44. The maximum atomic E-state index is 13.7. The van der Waals surface area contributed by atoms with Crippen LogP contribution < -0.4 is 0 Å². The molecule has 5 nitrogen and oxygen atoms in total. The molecule has 2 aliphatic rings. The minimum Gasteiger partial charge on any atom is -0.480 e. The number of carboxylic acid groups (broad SMARTS) is 1. The van der Waals surface area contributed by atoms with Gasteiger partial charge in [0.05, 0.1) is 6.54 Å². The van der Waals surface area contributed by atoms with E-state index in [2.05, 4.69) is 0 Å². The van der Waals surface area contributed by atoms with Gasteiger partial charge in [0.15, 0.2) is 0 Å². The van der Waals surface area contributed by atoms with E-state index < -0.39 is 24.3 Å². The number of piperidine rings is 1. The number of carboxylic acids is 1. The number of amides is 1. The van der Waals surface area contributed by atoms with Crippen molar-refractivity contribution in [1.82, 2.24) is 4.90 Å². The Hall–Kier alpha value is -2.89. The summed E-state index contributed by atoms with van der Waals surface area (Å²) in [4.78, 5) is 24.9. The molecule has 0 aromatic heterocycles. The smallest absolute Gasteiger partial charge is 0.410 e. The zero-order valence-corrected chi connectivity index (χ0v) is 14.7. The first-order chi connectivity index (χ1) is 13.1. The van der Waals surface area contributed by atoms with Gasteiger partial charge in [-0.2, -0.15) is 0 Å². The molecule has 2 aromatic rings. The number of nitrogens with zero attached hydrogens (tertiary/aromatic N) is 1. The monoisotopic (exact) mass is 369 g/mol. The van der Waals surface area contributed by atoms with Gasteiger partial charge in [0.25, 0.3) is 0 Å². The quantitative estimate of drug-likeness (QED) is 0.893. The van der Waals surface area contributed by atoms with Gasteiger partial charge in [0, 0.05) is 5.92 Å². The third-order valence-electron chi connectivity index (χ3n) is 5.38. The molecule has 1 N–H and O–H groups in total. The number of ether oxygens (including phenoxy) is 1. The van der Waals surface area contributed by atoms with Gasteiger partial charge >= 0.3 is 12.1 Å². The summed E-state index contributed by atoms with van der Waals surface area (Å²) in [5, 5.41) is 9.31. The summed E-state index contributed by atoms with van der Waals surface area (Å²) in [6, 6.07) is 14.9. The van der Waals surface area contributed by atoms with Crippen LogP contribution in [0.4, 0.5) is 9.18 Å². The fourth-order valence-corrected chi connectivity index (χ4v) is 4.06. The van der Waals surface area contributed by atoms with Crippen LogP contribution in [0, 0.1) is 0 Å². The molecule has 2 atom stereocenters. The van der Waals surface area contributed by atoms with Crippen molar-refractivity contribution >= 4 is 12.1 Å². The van der Waals surface area contributed by atoms with Crippen molar-refractivity contribution < 1.29 is 23.8 Å². The van der Waals surface area contributed by atoms with Crippen LogP contribution >= 0.6 is 0 Å². The molecular formula is C21H20FNO4. The molecule has 27 heavy (non-hydrogen) atoms. The Balaban J connectivity index is 1.53. The number of hydrogen-bond donors (Lipinski definition) is 1. The van der Waals surface area contributed by atoms with E-state index in [1.54, 1.807) is 0 Å². The molecule has 0 saturated carbocycles. The summed E-state index contributed by atoms with van der Waals surface area (Å²) in [6.45, 7) is -0.152. The van der Waals surface area contributed by atoms with Crippen LogP contribution in [0.25, 0.3) is 11.1 Å². The minimum absolute atomic E-state index is 0.0899. The Morgan fingerprint density at radius 2 is 1.63 bits per heavy atom. The molecule has 0 spiro atoms. The lowest BCUT2D eigenvalue weighted by atomic mass is 9.98. The molecule has 0 bridgehead atoms. The van der Waals surface area contributed by atoms with Crippen LogP contribution in [0.2, 0.25) is 0 Å². The largest absolute Gasteiger partial charge is 0.480 e. The Bertz CT molecular complexity index is 838. The number of carbonyl (C=O) groups excluding carboxylic acids is 1. The number of fused-ring (bicyclic) bond motifs is 3. The van der Waals surface area contributed by atoms with Crippen LogP contribution in [0.5, 0.6) is 0 Å². The molecule has 140 valence electrons. The standard InChI is InChI=1S/C21H20FNO4/c22-13-9-10-19(20(24)25)23(11-13)21(26)27-12-18-16-7-3-1-5-14(16)15-6-2-4-8-17(15)18/h1-8,13,18-19H,9-12H2,(H,24,25)/t13-,19+/m1/s1. The molecule has 1 saturated heterocycles. The average Bonchev–Trinajstić information content (AvgIpc) is 3.00. The average molecular weight is 369 g/mol. The van der Waals surface area contributed by atoms with Crippen molar-refractivity contribution in [3.63, 3.8) is 0 Å². The SMILES string of the molecule is O=C(O)[C@@H]1CC[C@@H](F)CN1C(=O)OCC1c2ccccc2-c2ccccc21. The fourth-order valence-electron chi connectivity index (χ4n) is 4.06. The zero-order valence-electron chi connectivity index (χ0n) is 14.7. The molecule has 6 heteroatoms. The Morgan fingerprint density at radius 3 is 2.22 bits per heavy atom. The first-order valence-electron chi connectivity index (χ1n) is 9.04. The molecular weight excluding hydrogens is 349 g/mol. The van der Waals surface area contributed by atoms with Gasteiger partial charge in [0.1, 0.15) is 18.8 Å². The number of aliphatic carboxylic acids is 1. The van der Waals surface area contributed by atoms with Crippen LogP contribution in [0.15, 0.2) is 48.5 Å². The van der Waals surface area contributed by atoms with Crippen molar-refractivity contribution in [3.05, 3.63) is 59.7 Å². The van der Waals surface area contributed by atoms with Crippen LogP contribution in [-0.2, 0) is 9.53 Å². The van der Waals surface area contributed by atoms with E-state index >= 15 is 0 Å². The number of likely N-dealkylation sites (tertiary alicyclic amines) is 1. The molecule has 1 fully saturated rings. The van der Waals surface area contributed by atoms with Gasteiger partial charge in [-0.3, -0.25) is 4.90 Å². The molecule has 0 unspecified atom stereocenters. The van der Waals surface area contributed by atoms with Gasteiger partial charge in [-0.05, 0) is 35.1 Å². The number of benzene rings is 2. The fraction of sp³-hybridized carbons (Fsp3) is 0.333. The molecule has 1 heterocycles. The van der Waals surface area contributed by atoms with Crippen LogP contribution in [0.1, 0.15) is 29.9 Å². The number of carbonyl (C=O) groups is 2. The predicted molar refractivity (Wildman–Crippen MR) is 97.3 cm³/mol. The summed E-state index contributed by atoms with van der Waals surface area (Å²) >= 11 is 0. The van der Waals surface area contributed by atoms with E-state index in [1.165, 1.54) is 0 Å². The van der Waals surface area contributed by atoms with Crippen LogP contribution in [-0.4, -0.2) is 47.4 Å². The Morgan fingerprint density at radius 1 is 1.04 bits per heavy atom. The summed E-state index contributed by atoms with van der Waals surface area (Å²) in [5.74, 6) is -1.24. The number of alkyl halides is 1. The summed E-state index contributed by atoms with van der Waals surface area (Å²) < 4.78 is 19.2. The second-order valence-corrected chi connectivity index (χ2v) is 6.99. The maximum Gasteiger partial charge on any atom is 0.410 e. The third kappa shape index (κ3) is 3.16. The van der Waals surface area contributed by atoms with Crippen molar-refractivity contribution in [3.8, 4) is 11.1 Å². The molecule has 1 aliphatic carbocycles. The van der Waals surface area contributed by atoms with Crippen molar-refractivity contribution in [2.45, 2.75) is 31.0 Å². The highest BCUT2D eigenvalue weighted by Gasteiger charge is 2.38. The molecule has 4 rings (SSSR count). The van der Waals surface area contributed by atoms with E-state index in [0.29, 0.717) is 0 Å². The number of hydrogen-bond acceptors (Lipinski definition) is 3. The van der Waals surface area contributed by atoms with Crippen molar-refractivity contribution in [2.24, 2.45) is 0 Å². The molecule has 0 radical (unpaired) electrons. The van der Waals surface area contributed by atoms with Gasteiger partial charge in [-0.1, -0.05) is 48.5 Å². The van der Waals surface area contributed by atoms with Gasteiger partial charge < -0.3 is 9.84 Å². The lowest BCUT2D eigenvalue weighted by molar-refractivity contribution is -0.144. The first kappa shape index (κ1) is 17.5. The van der Waals surface area contributed by atoms with Gasteiger partial charge in [-0.25, -0.2) is 14.0 Å². The molecule has 1 aliphatic heterocycles.